The van der Waals surface area contributed by atoms with Gasteiger partial charge in [0.05, 0.1) is 0 Å². The Morgan fingerprint density at radius 1 is 0.500 bits per heavy atom. The van der Waals surface area contributed by atoms with Crippen molar-refractivity contribution in [2.45, 2.75) is 26.7 Å². The van der Waals surface area contributed by atoms with Crippen molar-refractivity contribution in [3.05, 3.63) is 120 Å². The van der Waals surface area contributed by atoms with Gasteiger partial charge in [0.2, 0.25) is 0 Å². The molecule has 0 aliphatic carbocycles. The summed E-state index contributed by atoms with van der Waals surface area (Å²) in [4.78, 5) is 0. The highest BCUT2D eigenvalue weighted by Gasteiger charge is 2.16. The number of benzene rings is 4. The quantitative estimate of drug-likeness (QED) is 0.401. The van der Waals surface area contributed by atoms with Gasteiger partial charge in [-0.15, -0.1) is 0 Å². The van der Waals surface area contributed by atoms with Crippen molar-refractivity contribution in [2.24, 2.45) is 0 Å². The van der Waals surface area contributed by atoms with Crippen LogP contribution in [0.15, 0.2) is 109 Å². The molecule has 0 fully saturated rings. The monoisotopic (exact) mass is 412 g/mol. The molecule has 4 rings (SSSR count). The third-order valence-corrected chi connectivity index (χ3v) is 7.42. The lowest BCUT2D eigenvalue weighted by Crippen LogP contribution is -2.20. The van der Waals surface area contributed by atoms with Crippen molar-refractivity contribution >= 4 is 23.8 Å². The lowest BCUT2D eigenvalue weighted by Gasteiger charge is -2.20. The van der Waals surface area contributed by atoms with Crippen LogP contribution in [0.4, 0.5) is 0 Å². The maximum absolute atomic E-state index is 9.62. The Morgan fingerprint density at radius 2 is 0.800 bits per heavy atom. The van der Waals surface area contributed by atoms with Crippen LogP contribution in [0.1, 0.15) is 25.0 Å². The van der Waals surface area contributed by atoms with Crippen LogP contribution in [0.25, 0.3) is 0 Å². The van der Waals surface area contributed by atoms with Crippen LogP contribution in [0, 0.1) is 0 Å². The van der Waals surface area contributed by atoms with E-state index in [1.54, 1.807) is 12.1 Å². The molecule has 2 heteroatoms. The number of phenolic OH excluding ortho intramolecular Hbond substituents is 1. The first kappa shape index (κ1) is 21.8. The summed E-state index contributed by atoms with van der Waals surface area (Å²) < 4.78 is 0. The largest absolute Gasteiger partial charge is 0.508 e. The standard InChI is InChI=1S/C22H23OP.C6H6/c1-3-17-5-11-20(12-6-17)24(22-15-9-19(23)10-16-22)21-13-7-18(4-2)8-14-21;1-2-4-6-5-3-1/h5-16,23H,3-4H2,1-2H3;1-6H. The Balaban J connectivity index is 0.000000367. The summed E-state index contributed by atoms with van der Waals surface area (Å²) in [6.07, 6.45) is 2.12. The molecule has 0 aliphatic heterocycles. The van der Waals surface area contributed by atoms with Crippen molar-refractivity contribution in [3.63, 3.8) is 0 Å². The first-order valence-electron chi connectivity index (χ1n) is 10.5. The Kier molecular flexibility index (Phi) is 8.24. The van der Waals surface area contributed by atoms with Crippen LogP contribution >= 0.6 is 7.92 Å². The highest BCUT2D eigenvalue weighted by atomic mass is 31.1. The molecule has 4 aromatic rings. The molecule has 0 atom stereocenters. The molecule has 0 unspecified atom stereocenters. The summed E-state index contributed by atoms with van der Waals surface area (Å²) >= 11 is 0. The summed E-state index contributed by atoms with van der Waals surface area (Å²) in [5, 5.41) is 13.6. The van der Waals surface area contributed by atoms with E-state index in [0.717, 1.165) is 12.8 Å². The molecule has 30 heavy (non-hydrogen) atoms. The fourth-order valence-corrected chi connectivity index (χ4v) is 5.43. The number of hydrogen-bond acceptors (Lipinski definition) is 1. The average molecular weight is 413 g/mol. The molecule has 0 heterocycles. The molecule has 0 aliphatic rings. The zero-order valence-corrected chi connectivity index (χ0v) is 18.6. The van der Waals surface area contributed by atoms with E-state index in [0.29, 0.717) is 5.75 Å². The maximum Gasteiger partial charge on any atom is 0.115 e. The van der Waals surface area contributed by atoms with E-state index >= 15 is 0 Å². The number of aryl methyl sites for hydroxylation is 2. The van der Waals surface area contributed by atoms with Crippen LogP contribution in [-0.2, 0) is 12.8 Å². The summed E-state index contributed by atoms with van der Waals surface area (Å²) in [5.74, 6) is 0.316. The minimum Gasteiger partial charge on any atom is -0.508 e. The number of hydrogen-bond donors (Lipinski definition) is 1. The van der Waals surface area contributed by atoms with Gasteiger partial charge in [0, 0.05) is 0 Å². The smallest absolute Gasteiger partial charge is 0.115 e. The Labute approximate surface area is 181 Å². The summed E-state index contributed by atoms with van der Waals surface area (Å²) in [6.45, 7) is 4.36. The van der Waals surface area contributed by atoms with Gasteiger partial charge in [-0.1, -0.05) is 111 Å². The topological polar surface area (TPSA) is 20.2 Å². The third kappa shape index (κ3) is 6.05. The van der Waals surface area contributed by atoms with Crippen molar-refractivity contribution in [3.8, 4) is 5.75 Å². The molecule has 0 radical (unpaired) electrons. The van der Waals surface area contributed by atoms with Crippen LogP contribution < -0.4 is 15.9 Å². The van der Waals surface area contributed by atoms with Gasteiger partial charge in [0.1, 0.15) is 5.75 Å². The lowest BCUT2D eigenvalue weighted by atomic mass is 10.2. The van der Waals surface area contributed by atoms with Crippen molar-refractivity contribution < 1.29 is 5.11 Å². The molecule has 152 valence electrons. The van der Waals surface area contributed by atoms with Gasteiger partial charge in [0.25, 0.3) is 0 Å². The van der Waals surface area contributed by atoms with Gasteiger partial charge in [-0.25, -0.2) is 0 Å². The normalized spacial score (nSPS) is 10.4. The van der Waals surface area contributed by atoms with Crippen LogP contribution in [0.5, 0.6) is 5.75 Å². The first-order chi connectivity index (χ1) is 14.7. The Morgan fingerprint density at radius 3 is 1.10 bits per heavy atom. The fraction of sp³-hybridized carbons (Fsp3) is 0.143. The molecule has 0 aromatic heterocycles. The van der Waals surface area contributed by atoms with Gasteiger partial charge in [-0.05, 0) is 59.9 Å². The van der Waals surface area contributed by atoms with Crippen LogP contribution in [0.2, 0.25) is 0 Å². The molecule has 0 spiro atoms. The van der Waals surface area contributed by atoms with Gasteiger partial charge < -0.3 is 5.11 Å². The van der Waals surface area contributed by atoms with E-state index in [4.69, 9.17) is 0 Å². The van der Waals surface area contributed by atoms with Crippen molar-refractivity contribution in [1.29, 1.82) is 0 Å². The molecule has 1 N–H and O–H groups in total. The zero-order valence-electron chi connectivity index (χ0n) is 17.7. The number of phenols is 1. The van der Waals surface area contributed by atoms with Crippen molar-refractivity contribution in [2.75, 3.05) is 0 Å². The predicted octanol–water partition coefficient (Wildman–Crippen LogP) is 5.96. The second kappa shape index (κ2) is 11.3. The van der Waals surface area contributed by atoms with Gasteiger partial charge >= 0.3 is 0 Å². The van der Waals surface area contributed by atoms with E-state index in [2.05, 4.69) is 62.4 Å². The molecule has 0 saturated carbocycles. The average Bonchev–Trinajstić information content (AvgIpc) is 2.83. The summed E-state index contributed by atoms with van der Waals surface area (Å²) in [6, 6.07) is 37.6. The highest BCUT2D eigenvalue weighted by Crippen LogP contribution is 2.33. The third-order valence-electron chi connectivity index (χ3n) is 4.98. The zero-order chi connectivity index (χ0) is 21.2. The summed E-state index contributed by atoms with van der Waals surface area (Å²) in [7, 11) is -0.604. The fourth-order valence-electron chi connectivity index (χ4n) is 3.20. The molecule has 4 aromatic carbocycles. The molecule has 0 saturated heterocycles. The van der Waals surface area contributed by atoms with Gasteiger partial charge in [0.15, 0.2) is 0 Å². The van der Waals surface area contributed by atoms with E-state index in [-0.39, 0.29) is 0 Å². The second-order valence-electron chi connectivity index (χ2n) is 7.05. The Bertz CT molecular complexity index is 917. The Hall–Kier alpha value is -2.89. The van der Waals surface area contributed by atoms with Gasteiger partial charge in [-0.2, -0.15) is 0 Å². The molecule has 0 amide bonds. The maximum atomic E-state index is 9.62. The SMILES string of the molecule is CCc1ccc(P(c2ccc(O)cc2)c2ccc(CC)cc2)cc1.c1ccccc1. The van der Waals surface area contributed by atoms with E-state index < -0.39 is 7.92 Å². The summed E-state index contributed by atoms with van der Waals surface area (Å²) in [5.41, 5.74) is 2.72. The van der Waals surface area contributed by atoms with E-state index in [1.165, 1.54) is 27.0 Å². The van der Waals surface area contributed by atoms with E-state index in [1.807, 2.05) is 48.5 Å². The minimum atomic E-state index is -0.604. The molecule has 0 bridgehead atoms. The molecular formula is C28H29OP. The highest BCUT2D eigenvalue weighted by molar-refractivity contribution is 7.79. The molecular weight excluding hydrogens is 383 g/mol. The van der Waals surface area contributed by atoms with Crippen LogP contribution in [0.3, 0.4) is 0 Å². The minimum absolute atomic E-state index is 0.316. The van der Waals surface area contributed by atoms with E-state index in [9.17, 15) is 5.11 Å². The first-order valence-corrected chi connectivity index (χ1v) is 11.8. The number of rotatable bonds is 5. The van der Waals surface area contributed by atoms with Gasteiger partial charge in [-0.3, -0.25) is 0 Å². The predicted molar refractivity (Wildman–Crippen MR) is 132 cm³/mol. The second-order valence-corrected chi connectivity index (χ2v) is 9.27. The number of aromatic hydroxyl groups is 1. The van der Waals surface area contributed by atoms with Crippen LogP contribution in [-0.4, -0.2) is 5.11 Å². The molecule has 1 nitrogen and oxygen atoms in total. The van der Waals surface area contributed by atoms with Crippen molar-refractivity contribution in [1.82, 2.24) is 0 Å². The lowest BCUT2D eigenvalue weighted by molar-refractivity contribution is 0.475.